The first-order valence-electron chi connectivity index (χ1n) is 11.3. The lowest BCUT2D eigenvalue weighted by Gasteiger charge is -2.10. The molecule has 0 radical (unpaired) electrons. The SMILES string of the molecule is c1ccc(-n2c(-c3ccc4c(c3)c3nncc5c6ccccc6n4c53)nc3ccccc32)cc1. The number of benzene rings is 4. The van der Waals surface area contributed by atoms with Crippen molar-refractivity contribution in [3.05, 3.63) is 103 Å². The van der Waals surface area contributed by atoms with E-state index in [1.165, 1.54) is 10.9 Å². The smallest absolute Gasteiger partial charge is 0.145 e. The Balaban J connectivity index is 1.48. The molecule has 0 amide bonds. The quantitative estimate of drug-likeness (QED) is 0.306. The van der Waals surface area contributed by atoms with E-state index in [2.05, 4.69) is 104 Å². The molecule has 0 bridgehead atoms. The summed E-state index contributed by atoms with van der Waals surface area (Å²) in [5.41, 5.74) is 8.56. The molecule has 5 heteroatoms. The molecule has 0 unspecified atom stereocenters. The molecule has 4 aromatic carbocycles. The number of hydrogen-bond donors (Lipinski definition) is 0. The van der Waals surface area contributed by atoms with Crippen molar-refractivity contribution in [2.24, 2.45) is 0 Å². The van der Waals surface area contributed by atoms with E-state index in [0.717, 1.165) is 55.4 Å². The Morgan fingerprint density at radius 2 is 1.38 bits per heavy atom. The molecule has 0 aliphatic carbocycles. The minimum atomic E-state index is 0.914. The Bertz CT molecular complexity index is 2010. The van der Waals surface area contributed by atoms with Crippen LogP contribution in [0.25, 0.3) is 66.3 Å². The fourth-order valence-corrected chi connectivity index (χ4v) is 5.37. The van der Waals surface area contributed by atoms with Crippen molar-refractivity contribution in [3.8, 4) is 17.1 Å². The van der Waals surface area contributed by atoms with Gasteiger partial charge in [-0.15, -0.1) is 5.10 Å². The summed E-state index contributed by atoms with van der Waals surface area (Å²) < 4.78 is 4.54. The van der Waals surface area contributed by atoms with Crippen LogP contribution >= 0.6 is 0 Å². The average Bonchev–Trinajstić information content (AvgIpc) is 3.56. The van der Waals surface area contributed by atoms with Crippen molar-refractivity contribution in [1.82, 2.24) is 24.1 Å². The lowest BCUT2D eigenvalue weighted by Crippen LogP contribution is -1.97. The van der Waals surface area contributed by atoms with E-state index in [1.54, 1.807) is 0 Å². The lowest BCUT2D eigenvalue weighted by atomic mass is 10.1. The first-order valence-corrected chi connectivity index (χ1v) is 11.3. The summed E-state index contributed by atoms with van der Waals surface area (Å²) in [6, 6.07) is 33.7. The van der Waals surface area contributed by atoms with Crippen molar-refractivity contribution in [2.45, 2.75) is 0 Å². The highest BCUT2D eigenvalue weighted by Crippen LogP contribution is 2.39. The Morgan fingerprint density at radius 3 is 2.29 bits per heavy atom. The van der Waals surface area contributed by atoms with Crippen molar-refractivity contribution < 1.29 is 0 Å². The van der Waals surface area contributed by atoms with Gasteiger partial charge in [-0.25, -0.2) is 4.98 Å². The van der Waals surface area contributed by atoms with Gasteiger partial charge in [0.1, 0.15) is 11.3 Å². The van der Waals surface area contributed by atoms with Gasteiger partial charge in [-0.1, -0.05) is 48.5 Å². The molecule has 0 spiro atoms. The normalized spacial score (nSPS) is 12.1. The van der Waals surface area contributed by atoms with Crippen molar-refractivity contribution in [1.29, 1.82) is 0 Å². The molecule has 5 nitrogen and oxygen atoms in total. The second-order valence-corrected chi connectivity index (χ2v) is 8.64. The van der Waals surface area contributed by atoms with Crippen LogP contribution in [-0.4, -0.2) is 24.1 Å². The molecule has 0 saturated carbocycles. The van der Waals surface area contributed by atoms with Crippen LogP contribution in [0.5, 0.6) is 0 Å². The summed E-state index contributed by atoms with van der Waals surface area (Å²) >= 11 is 0. The van der Waals surface area contributed by atoms with Crippen LogP contribution < -0.4 is 0 Å². The van der Waals surface area contributed by atoms with E-state index < -0.39 is 0 Å². The third-order valence-corrected chi connectivity index (χ3v) is 6.81. The fourth-order valence-electron chi connectivity index (χ4n) is 5.37. The number of nitrogens with zero attached hydrogens (tertiary/aromatic N) is 5. The zero-order valence-electron chi connectivity index (χ0n) is 18.1. The Labute approximate surface area is 193 Å². The Kier molecular flexibility index (Phi) is 3.34. The van der Waals surface area contributed by atoms with E-state index in [9.17, 15) is 0 Å². The van der Waals surface area contributed by atoms with Crippen LogP contribution in [-0.2, 0) is 0 Å². The molecular weight excluding hydrogens is 418 g/mol. The van der Waals surface area contributed by atoms with Gasteiger partial charge in [0.25, 0.3) is 0 Å². The second-order valence-electron chi connectivity index (χ2n) is 8.64. The van der Waals surface area contributed by atoms with Gasteiger partial charge in [-0.3, -0.25) is 4.57 Å². The minimum Gasteiger partial charge on any atom is -0.306 e. The van der Waals surface area contributed by atoms with Gasteiger partial charge in [0.2, 0.25) is 0 Å². The molecule has 8 aromatic rings. The third-order valence-electron chi connectivity index (χ3n) is 6.81. The molecule has 0 saturated heterocycles. The van der Waals surface area contributed by atoms with Crippen LogP contribution in [0.2, 0.25) is 0 Å². The van der Waals surface area contributed by atoms with E-state index >= 15 is 0 Å². The summed E-state index contributed by atoms with van der Waals surface area (Å²) in [6.07, 6.45) is 1.87. The van der Waals surface area contributed by atoms with Crippen molar-refractivity contribution in [2.75, 3.05) is 0 Å². The van der Waals surface area contributed by atoms with Gasteiger partial charge < -0.3 is 4.40 Å². The number of para-hydroxylation sites is 4. The fraction of sp³-hybridized carbons (Fsp3) is 0. The molecule has 4 heterocycles. The predicted molar refractivity (Wildman–Crippen MR) is 137 cm³/mol. The number of fused-ring (bicyclic) bond motifs is 7. The molecular formula is C29H17N5. The molecule has 158 valence electrons. The topological polar surface area (TPSA) is 48.0 Å². The summed E-state index contributed by atoms with van der Waals surface area (Å²) in [7, 11) is 0. The van der Waals surface area contributed by atoms with Gasteiger partial charge in [0, 0.05) is 27.4 Å². The highest BCUT2D eigenvalue weighted by atomic mass is 15.1. The summed E-state index contributed by atoms with van der Waals surface area (Å²) in [5, 5.41) is 12.4. The zero-order chi connectivity index (χ0) is 22.2. The molecule has 0 aliphatic heterocycles. The Morgan fingerprint density at radius 1 is 0.618 bits per heavy atom. The first-order chi connectivity index (χ1) is 16.9. The summed E-state index contributed by atoms with van der Waals surface area (Å²) in [4.78, 5) is 5.04. The third kappa shape index (κ3) is 2.20. The van der Waals surface area contributed by atoms with E-state index in [4.69, 9.17) is 4.98 Å². The van der Waals surface area contributed by atoms with Crippen LogP contribution in [0, 0.1) is 0 Å². The highest BCUT2D eigenvalue weighted by Gasteiger charge is 2.20. The molecule has 8 rings (SSSR count). The van der Waals surface area contributed by atoms with E-state index in [0.29, 0.717) is 0 Å². The van der Waals surface area contributed by atoms with Crippen LogP contribution in [0.3, 0.4) is 0 Å². The van der Waals surface area contributed by atoms with Gasteiger partial charge >= 0.3 is 0 Å². The highest BCUT2D eigenvalue weighted by molar-refractivity contribution is 6.21. The monoisotopic (exact) mass is 435 g/mol. The average molecular weight is 435 g/mol. The Hall–Kier alpha value is -4.77. The number of imidazole rings is 1. The van der Waals surface area contributed by atoms with Crippen LogP contribution in [0.15, 0.2) is 103 Å². The number of aromatic nitrogens is 5. The number of hydrogen-bond acceptors (Lipinski definition) is 3. The first kappa shape index (κ1) is 17.7. The second kappa shape index (κ2) is 6.39. The van der Waals surface area contributed by atoms with E-state index in [-0.39, 0.29) is 0 Å². The van der Waals surface area contributed by atoms with Gasteiger partial charge in [-0.05, 0) is 48.5 Å². The standard InChI is InChI=1S/C29H17N5/c1-2-8-19(9-3-1)33-26-13-7-5-11-23(26)31-29(33)18-14-15-25-21(16-18)27-28-22(17-30-32-27)20-10-4-6-12-24(20)34(25)28/h1-17H. The van der Waals surface area contributed by atoms with Gasteiger partial charge in [-0.2, -0.15) is 5.10 Å². The van der Waals surface area contributed by atoms with Gasteiger partial charge in [0.05, 0.1) is 33.8 Å². The molecule has 0 atom stereocenters. The molecule has 0 fully saturated rings. The van der Waals surface area contributed by atoms with Crippen LogP contribution in [0.1, 0.15) is 0 Å². The summed E-state index contributed by atoms with van der Waals surface area (Å²) in [6.45, 7) is 0. The van der Waals surface area contributed by atoms with Crippen LogP contribution in [0.4, 0.5) is 0 Å². The minimum absolute atomic E-state index is 0.914. The van der Waals surface area contributed by atoms with Crippen molar-refractivity contribution >= 4 is 49.3 Å². The van der Waals surface area contributed by atoms with Crippen molar-refractivity contribution in [3.63, 3.8) is 0 Å². The largest absolute Gasteiger partial charge is 0.306 e. The molecule has 0 aliphatic rings. The molecule has 0 N–H and O–H groups in total. The maximum atomic E-state index is 5.04. The van der Waals surface area contributed by atoms with Gasteiger partial charge in [0.15, 0.2) is 0 Å². The van der Waals surface area contributed by atoms with E-state index in [1.807, 2.05) is 18.3 Å². The maximum Gasteiger partial charge on any atom is 0.145 e. The molecule has 4 aromatic heterocycles. The number of rotatable bonds is 2. The predicted octanol–water partition coefficient (Wildman–Crippen LogP) is 6.63. The maximum absolute atomic E-state index is 5.04. The molecule has 34 heavy (non-hydrogen) atoms. The lowest BCUT2D eigenvalue weighted by molar-refractivity contribution is 1.09. The zero-order valence-corrected chi connectivity index (χ0v) is 18.1. The summed E-state index contributed by atoms with van der Waals surface area (Å²) in [5.74, 6) is 0.914.